The van der Waals surface area contributed by atoms with E-state index in [0.717, 1.165) is 22.3 Å². The van der Waals surface area contributed by atoms with Crippen molar-refractivity contribution in [3.8, 4) is 0 Å². The molecule has 0 aliphatic rings. The minimum Gasteiger partial charge on any atom is -0.373 e. The van der Waals surface area contributed by atoms with Crippen LogP contribution in [0.15, 0.2) is 45.8 Å². The number of rotatable bonds is 4. The summed E-state index contributed by atoms with van der Waals surface area (Å²) in [5.41, 5.74) is 1.81. The van der Waals surface area contributed by atoms with E-state index in [1.165, 1.54) is 4.68 Å². The SMILES string of the molecule is CCN(C)c1cnn(Cc2ccc(Br)cc2)c(=O)c1. The Morgan fingerprint density at radius 3 is 2.58 bits per heavy atom. The van der Waals surface area contributed by atoms with E-state index in [9.17, 15) is 4.79 Å². The van der Waals surface area contributed by atoms with Crippen molar-refractivity contribution in [2.24, 2.45) is 0 Å². The second kappa shape index (κ2) is 6.02. The van der Waals surface area contributed by atoms with Gasteiger partial charge in [0, 0.05) is 24.1 Å². The number of anilines is 1. The van der Waals surface area contributed by atoms with E-state index in [0.29, 0.717) is 6.54 Å². The Bertz CT molecular complexity index is 607. The summed E-state index contributed by atoms with van der Waals surface area (Å²) in [6.45, 7) is 3.37. The van der Waals surface area contributed by atoms with E-state index in [1.807, 2.05) is 43.1 Å². The Labute approximate surface area is 120 Å². The van der Waals surface area contributed by atoms with Crippen LogP contribution >= 0.6 is 15.9 Å². The second-order valence-electron chi connectivity index (χ2n) is 4.35. The van der Waals surface area contributed by atoms with Crippen molar-refractivity contribution in [2.75, 3.05) is 18.5 Å². The molecular formula is C14H16BrN3O. The van der Waals surface area contributed by atoms with Crippen LogP contribution in [0.2, 0.25) is 0 Å². The zero-order chi connectivity index (χ0) is 13.8. The van der Waals surface area contributed by atoms with E-state index in [-0.39, 0.29) is 5.56 Å². The number of halogens is 1. The largest absolute Gasteiger partial charge is 0.373 e. The van der Waals surface area contributed by atoms with Gasteiger partial charge in [-0.15, -0.1) is 0 Å². The minimum absolute atomic E-state index is 0.0827. The van der Waals surface area contributed by atoms with E-state index in [2.05, 4.69) is 21.0 Å². The molecule has 19 heavy (non-hydrogen) atoms. The lowest BCUT2D eigenvalue weighted by atomic mass is 10.2. The molecular weight excluding hydrogens is 306 g/mol. The Morgan fingerprint density at radius 1 is 1.32 bits per heavy atom. The predicted molar refractivity (Wildman–Crippen MR) is 80.7 cm³/mol. The maximum absolute atomic E-state index is 12.0. The van der Waals surface area contributed by atoms with Gasteiger partial charge in [-0.25, -0.2) is 4.68 Å². The molecule has 0 bridgehead atoms. The standard InChI is InChI=1S/C14H16BrN3O/c1-3-17(2)13-8-14(19)18(16-9-13)10-11-4-6-12(15)7-5-11/h4-9H,3,10H2,1-2H3. The summed E-state index contributed by atoms with van der Waals surface area (Å²) >= 11 is 3.39. The maximum Gasteiger partial charge on any atom is 0.269 e. The Kier molecular flexibility index (Phi) is 4.37. The molecule has 0 aliphatic carbocycles. The van der Waals surface area contributed by atoms with Crippen LogP contribution in [0.25, 0.3) is 0 Å². The molecule has 2 aromatic rings. The zero-order valence-electron chi connectivity index (χ0n) is 11.0. The first-order valence-electron chi connectivity index (χ1n) is 6.13. The molecule has 0 unspecified atom stereocenters. The topological polar surface area (TPSA) is 38.1 Å². The summed E-state index contributed by atoms with van der Waals surface area (Å²) in [5.74, 6) is 0. The van der Waals surface area contributed by atoms with Crippen molar-refractivity contribution >= 4 is 21.6 Å². The molecule has 0 fully saturated rings. The van der Waals surface area contributed by atoms with Gasteiger partial charge in [-0.05, 0) is 24.6 Å². The van der Waals surface area contributed by atoms with E-state index in [1.54, 1.807) is 12.3 Å². The fourth-order valence-electron chi connectivity index (χ4n) is 1.70. The highest BCUT2D eigenvalue weighted by molar-refractivity contribution is 9.10. The van der Waals surface area contributed by atoms with Crippen LogP contribution in [0.4, 0.5) is 5.69 Å². The average molecular weight is 322 g/mol. The maximum atomic E-state index is 12.0. The molecule has 100 valence electrons. The van der Waals surface area contributed by atoms with Crippen LogP contribution in [-0.2, 0) is 6.54 Å². The van der Waals surface area contributed by atoms with Crippen molar-refractivity contribution in [3.05, 3.63) is 56.9 Å². The number of aromatic nitrogens is 2. The van der Waals surface area contributed by atoms with Gasteiger partial charge >= 0.3 is 0 Å². The van der Waals surface area contributed by atoms with Crippen molar-refractivity contribution in [1.82, 2.24) is 9.78 Å². The van der Waals surface area contributed by atoms with Gasteiger partial charge in [-0.2, -0.15) is 5.10 Å². The van der Waals surface area contributed by atoms with Crippen LogP contribution < -0.4 is 10.5 Å². The molecule has 0 spiro atoms. The summed E-state index contributed by atoms with van der Waals surface area (Å²) in [6.07, 6.45) is 1.73. The lowest BCUT2D eigenvalue weighted by Gasteiger charge is -2.16. The van der Waals surface area contributed by atoms with Crippen molar-refractivity contribution in [2.45, 2.75) is 13.5 Å². The molecule has 1 heterocycles. The Morgan fingerprint density at radius 2 is 2.00 bits per heavy atom. The molecule has 0 aliphatic heterocycles. The molecule has 0 atom stereocenters. The summed E-state index contributed by atoms with van der Waals surface area (Å²) in [4.78, 5) is 14.0. The lowest BCUT2D eigenvalue weighted by Crippen LogP contribution is -2.25. The van der Waals surface area contributed by atoms with E-state index in [4.69, 9.17) is 0 Å². The summed E-state index contributed by atoms with van der Waals surface area (Å²) < 4.78 is 2.49. The van der Waals surface area contributed by atoms with Crippen molar-refractivity contribution < 1.29 is 0 Å². The van der Waals surface area contributed by atoms with E-state index < -0.39 is 0 Å². The third-order valence-corrected chi connectivity index (χ3v) is 3.54. The molecule has 0 N–H and O–H groups in total. The fourth-order valence-corrected chi connectivity index (χ4v) is 1.96. The van der Waals surface area contributed by atoms with Crippen molar-refractivity contribution in [1.29, 1.82) is 0 Å². The Balaban J connectivity index is 2.22. The zero-order valence-corrected chi connectivity index (χ0v) is 12.6. The first-order chi connectivity index (χ1) is 9.10. The monoisotopic (exact) mass is 321 g/mol. The third-order valence-electron chi connectivity index (χ3n) is 3.02. The predicted octanol–water partition coefficient (Wildman–Crippen LogP) is 2.51. The van der Waals surface area contributed by atoms with Crippen LogP contribution in [0.1, 0.15) is 12.5 Å². The van der Waals surface area contributed by atoms with Crippen LogP contribution in [0.5, 0.6) is 0 Å². The molecule has 1 aromatic carbocycles. The fraction of sp³-hybridized carbons (Fsp3) is 0.286. The number of nitrogens with zero attached hydrogens (tertiary/aromatic N) is 3. The number of benzene rings is 1. The molecule has 0 amide bonds. The Hall–Kier alpha value is -1.62. The summed E-state index contributed by atoms with van der Waals surface area (Å²) in [6, 6.07) is 9.49. The third kappa shape index (κ3) is 3.44. The lowest BCUT2D eigenvalue weighted by molar-refractivity contribution is 0.637. The van der Waals surface area contributed by atoms with Gasteiger partial charge in [0.15, 0.2) is 0 Å². The summed E-state index contributed by atoms with van der Waals surface area (Å²) in [5, 5.41) is 4.22. The molecule has 0 saturated heterocycles. The molecule has 2 rings (SSSR count). The number of hydrogen-bond donors (Lipinski definition) is 0. The number of hydrogen-bond acceptors (Lipinski definition) is 3. The van der Waals surface area contributed by atoms with Gasteiger partial charge in [0.2, 0.25) is 0 Å². The normalized spacial score (nSPS) is 10.5. The first-order valence-corrected chi connectivity index (χ1v) is 6.92. The van der Waals surface area contributed by atoms with Crippen molar-refractivity contribution in [3.63, 3.8) is 0 Å². The van der Waals surface area contributed by atoms with Gasteiger partial charge in [0.25, 0.3) is 5.56 Å². The molecule has 4 nitrogen and oxygen atoms in total. The van der Waals surface area contributed by atoms with Gasteiger partial charge in [0.05, 0.1) is 18.4 Å². The molecule has 0 radical (unpaired) electrons. The summed E-state index contributed by atoms with van der Waals surface area (Å²) in [7, 11) is 1.94. The van der Waals surface area contributed by atoms with Gasteiger partial charge in [0.1, 0.15) is 0 Å². The average Bonchev–Trinajstić information content (AvgIpc) is 2.42. The molecule has 5 heteroatoms. The highest BCUT2D eigenvalue weighted by atomic mass is 79.9. The first kappa shape index (κ1) is 13.8. The smallest absolute Gasteiger partial charge is 0.269 e. The molecule has 0 saturated carbocycles. The van der Waals surface area contributed by atoms with Gasteiger partial charge in [-0.1, -0.05) is 28.1 Å². The highest BCUT2D eigenvalue weighted by Crippen LogP contribution is 2.11. The molecule has 1 aromatic heterocycles. The van der Waals surface area contributed by atoms with Crippen LogP contribution in [0.3, 0.4) is 0 Å². The minimum atomic E-state index is -0.0827. The van der Waals surface area contributed by atoms with E-state index >= 15 is 0 Å². The quantitative estimate of drug-likeness (QED) is 0.868. The van der Waals surface area contributed by atoms with Gasteiger partial charge < -0.3 is 4.90 Å². The van der Waals surface area contributed by atoms with Crippen LogP contribution in [0, 0.1) is 0 Å². The second-order valence-corrected chi connectivity index (χ2v) is 5.27. The van der Waals surface area contributed by atoms with Gasteiger partial charge in [-0.3, -0.25) is 4.79 Å². The highest BCUT2D eigenvalue weighted by Gasteiger charge is 2.04. The van der Waals surface area contributed by atoms with Crippen LogP contribution in [-0.4, -0.2) is 23.4 Å².